The second-order valence-corrected chi connectivity index (χ2v) is 10.3. The van der Waals surface area contributed by atoms with Crippen molar-refractivity contribution in [2.24, 2.45) is 5.92 Å². The number of halogens is 6. The molecule has 2 aromatic rings. The molecule has 34 heavy (non-hydrogen) atoms. The Kier molecular flexibility index (Phi) is 7.38. The molecule has 2 N–H and O–H groups in total. The Balaban J connectivity index is 1.86. The summed E-state index contributed by atoms with van der Waals surface area (Å²) in [5.41, 5.74) is -3.44. The fourth-order valence-electron chi connectivity index (χ4n) is 3.46. The molecule has 1 aliphatic rings. The van der Waals surface area contributed by atoms with E-state index < -0.39 is 73.7 Å². The van der Waals surface area contributed by atoms with Gasteiger partial charge in [-0.05, 0) is 24.3 Å². The van der Waals surface area contributed by atoms with Crippen LogP contribution in [0.3, 0.4) is 0 Å². The van der Waals surface area contributed by atoms with E-state index in [1.54, 1.807) is 6.07 Å². The molecule has 14 heteroatoms. The van der Waals surface area contributed by atoms with E-state index in [1.807, 2.05) is 0 Å². The smallest absolute Gasteiger partial charge is 0.416 e. The van der Waals surface area contributed by atoms with Gasteiger partial charge in [-0.1, -0.05) is 23.2 Å². The van der Waals surface area contributed by atoms with Crippen molar-refractivity contribution < 1.29 is 40.9 Å². The third-order valence-electron chi connectivity index (χ3n) is 5.34. The van der Waals surface area contributed by atoms with E-state index in [9.17, 15) is 36.2 Å². The van der Waals surface area contributed by atoms with Gasteiger partial charge in [0.1, 0.15) is 28.1 Å². The topological polar surface area (TPSA) is 111 Å². The molecule has 0 unspecified atom stereocenters. The van der Waals surface area contributed by atoms with Gasteiger partial charge in [0.15, 0.2) is 0 Å². The minimum Gasteiger partial charge on any atom is -0.493 e. The number of hydrogen-bond donors (Lipinski definition) is 2. The maximum Gasteiger partial charge on any atom is 0.416 e. The van der Waals surface area contributed by atoms with Crippen LogP contribution in [0.15, 0.2) is 35.2 Å². The summed E-state index contributed by atoms with van der Waals surface area (Å²) in [6.45, 7) is -2.27. The van der Waals surface area contributed by atoms with Crippen molar-refractivity contribution in [2.45, 2.75) is 16.7 Å². The SMILES string of the molecule is N#Cc1ccc(OC[C@H]2CN(S(=O)(=O)c3c(Cl)cc(C(F)(F)F)cc3Cl)C[C@@]2(O)CO)cc1F. The van der Waals surface area contributed by atoms with Crippen LogP contribution in [0, 0.1) is 23.1 Å². The van der Waals surface area contributed by atoms with Gasteiger partial charge < -0.3 is 14.9 Å². The fraction of sp³-hybridized carbons (Fsp3) is 0.350. The molecule has 0 aromatic heterocycles. The molecule has 1 saturated heterocycles. The van der Waals surface area contributed by atoms with Crippen LogP contribution in [-0.4, -0.2) is 54.8 Å². The average Bonchev–Trinajstić information content (AvgIpc) is 3.09. The van der Waals surface area contributed by atoms with E-state index in [2.05, 4.69) is 0 Å². The third-order valence-corrected chi connectivity index (χ3v) is 8.08. The molecular weight excluding hydrogens is 527 g/mol. The number of aliphatic hydroxyl groups is 2. The molecule has 2 aromatic carbocycles. The first kappa shape index (κ1) is 26.5. The number of nitrogens with zero attached hydrogens (tertiary/aromatic N) is 2. The highest BCUT2D eigenvalue weighted by Crippen LogP contribution is 2.41. The maximum absolute atomic E-state index is 13.8. The summed E-state index contributed by atoms with van der Waals surface area (Å²) in [6.07, 6.45) is -4.81. The van der Waals surface area contributed by atoms with E-state index in [1.165, 1.54) is 12.1 Å². The Morgan fingerprint density at radius 2 is 1.85 bits per heavy atom. The number of rotatable bonds is 6. The third kappa shape index (κ3) is 5.10. The van der Waals surface area contributed by atoms with Gasteiger partial charge in [-0.15, -0.1) is 0 Å². The zero-order valence-electron chi connectivity index (χ0n) is 17.0. The zero-order valence-corrected chi connectivity index (χ0v) is 19.3. The van der Waals surface area contributed by atoms with Crippen molar-refractivity contribution in [3.63, 3.8) is 0 Å². The molecule has 0 saturated carbocycles. The number of β-amino-alcohol motifs (C(OH)–C–C–N with tert-alkyl or cyclic N) is 1. The van der Waals surface area contributed by atoms with Crippen molar-refractivity contribution in [2.75, 3.05) is 26.3 Å². The molecule has 184 valence electrons. The molecule has 1 fully saturated rings. The predicted octanol–water partition coefficient (Wildman–Crippen LogP) is 3.45. The van der Waals surface area contributed by atoms with Crippen molar-refractivity contribution in [1.82, 2.24) is 4.31 Å². The largest absolute Gasteiger partial charge is 0.493 e. The van der Waals surface area contributed by atoms with E-state index in [4.69, 9.17) is 33.2 Å². The first-order chi connectivity index (χ1) is 15.7. The highest BCUT2D eigenvalue weighted by Gasteiger charge is 2.50. The molecule has 3 rings (SSSR count). The Morgan fingerprint density at radius 1 is 1.24 bits per heavy atom. The van der Waals surface area contributed by atoms with Gasteiger partial charge in [0.2, 0.25) is 10.0 Å². The normalized spacial score (nSPS) is 21.4. The molecule has 1 aliphatic heterocycles. The second kappa shape index (κ2) is 9.49. The van der Waals surface area contributed by atoms with Crippen molar-refractivity contribution in [3.05, 3.63) is 57.3 Å². The average molecular weight is 543 g/mol. The van der Waals surface area contributed by atoms with Gasteiger partial charge in [-0.25, -0.2) is 12.8 Å². The van der Waals surface area contributed by atoms with Crippen LogP contribution < -0.4 is 4.74 Å². The summed E-state index contributed by atoms with van der Waals surface area (Å²) in [6, 6.07) is 5.89. The summed E-state index contributed by atoms with van der Waals surface area (Å²) in [5, 5.41) is 27.7. The first-order valence-electron chi connectivity index (χ1n) is 9.45. The molecule has 7 nitrogen and oxygen atoms in total. The maximum atomic E-state index is 13.8. The highest BCUT2D eigenvalue weighted by atomic mass is 35.5. The summed E-state index contributed by atoms with van der Waals surface area (Å²) in [5.74, 6) is -1.87. The number of aliphatic hydroxyl groups excluding tert-OH is 1. The Morgan fingerprint density at radius 3 is 2.35 bits per heavy atom. The summed E-state index contributed by atoms with van der Waals surface area (Å²) < 4.78 is 85.1. The van der Waals surface area contributed by atoms with Gasteiger partial charge in [0.25, 0.3) is 0 Å². The lowest BCUT2D eigenvalue weighted by atomic mass is 9.92. The summed E-state index contributed by atoms with van der Waals surface area (Å²) in [7, 11) is -4.60. The van der Waals surface area contributed by atoms with Gasteiger partial charge >= 0.3 is 6.18 Å². The van der Waals surface area contributed by atoms with E-state index in [0.29, 0.717) is 12.1 Å². The predicted molar refractivity (Wildman–Crippen MR) is 112 cm³/mol. The zero-order chi connectivity index (χ0) is 25.5. The van der Waals surface area contributed by atoms with Gasteiger partial charge in [0, 0.05) is 25.1 Å². The van der Waals surface area contributed by atoms with Crippen LogP contribution >= 0.6 is 23.2 Å². The quantitative estimate of drug-likeness (QED) is 0.541. The van der Waals surface area contributed by atoms with Crippen LogP contribution in [-0.2, 0) is 16.2 Å². The van der Waals surface area contributed by atoms with Crippen molar-refractivity contribution in [1.29, 1.82) is 5.26 Å². The Labute approximate surface area is 201 Å². The van der Waals surface area contributed by atoms with Crippen LogP contribution in [0.1, 0.15) is 11.1 Å². The van der Waals surface area contributed by atoms with Gasteiger partial charge in [-0.3, -0.25) is 0 Å². The molecular formula is C20H16Cl2F4N2O5S. The molecule has 0 amide bonds. The summed E-state index contributed by atoms with van der Waals surface area (Å²) >= 11 is 11.7. The number of nitriles is 1. The number of hydrogen-bond acceptors (Lipinski definition) is 6. The standard InChI is InChI=1S/C20H16Cl2F4N2O5S/c21-15-3-12(20(24,25)26)4-16(22)18(15)34(31,32)28-7-13(19(30,9-28)10-29)8-33-14-2-1-11(6-27)17(23)5-14/h1-5,13,29-30H,7-10H2/t13-,19-/m1/s1. The van der Waals surface area contributed by atoms with Crippen LogP contribution in [0.25, 0.3) is 0 Å². The molecule has 0 bridgehead atoms. The van der Waals surface area contributed by atoms with Crippen LogP contribution in [0.5, 0.6) is 5.75 Å². The number of sulfonamides is 1. The highest BCUT2D eigenvalue weighted by molar-refractivity contribution is 7.89. The Bertz CT molecular complexity index is 1230. The lowest BCUT2D eigenvalue weighted by Crippen LogP contribution is -2.44. The van der Waals surface area contributed by atoms with E-state index >= 15 is 0 Å². The molecule has 0 aliphatic carbocycles. The minimum absolute atomic E-state index is 0.00748. The van der Waals surface area contributed by atoms with Gasteiger partial charge in [-0.2, -0.15) is 22.7 Å². The van der Waals surface area contributed by atoms with Crippen LogP contribution in [0.2, 0.25) is 10.0 Å². The van der Waals surface area contributed by atoms with E-state index in [-0.39, 0.29) is 17.9 Å². The first-order valence-corrected chi connectivity index (χ1v) is 11.6. The number of benzene rings is 2. The van der Waals surface area contributed by atoms with Crippen LogP contribution in [0.4, 0.5) is 17.6 Å². The lowest BCUT2D eigenvalue weighted by molar-refractivity contribution is -0.137. The fourth-order valence-corrected chi connectivity index (χ4v) is 6.17. The number of alkyl halides is 3. The monoisotopic (exact) mass is 542 g/mol. The van der Waals surface area contributed by atoms with Crippen molar-refractivity contribution in [3.8, 4) is 11.8 Å². The molecule has 1 heterocycles. The minimum atomic E-state index is -4.81. The lowest BCUT2D eigenvalue weighted by Gasteiger charge is -2.26. The second-order valence-electron chi connectivity index (χ2n) is 7.59. The molecule has 0 radical (unpaired) electrons. The van der Waals surface area contributed by atoms with E-state index in [0.717, 1.165) is 10.4 Å². The molecule has 0 spiro atoms. The number of ether oxygens (including phenoxy) is 1. The van der Waals surface area contributed by atoms with Gasteiger partial charge in [0.05, 0.1) is 34.4 Å². The molecule has 2 atom stereocenters. The van der Waals surface area contributed by atoms with Crippen molar-refractivity contribution >= 4 is 33.2 Å². The summed E-state index contributed by atoms with van der Waals surface area (Å²) in [4.78, 5) is -0.778. The Hall–Kier alpha value is -2.14.